The number of hydrogen-bond acceptors (Lipinski definition) is 3. The molecule has 1 heterocycles. The Labute approximate surface area is 78.9 Å². The second kappa shape index (κ2) is 3.06. The average Bonchev–Trinajstić information content (AvgIpc) is 2.48. The molecular formula is C8H5ClN2O2. The van der Waals surface area contributed by atoms with Gasteiger partial charge in [-0.25, -0.2) is 0 Å². The van der Waals surface area contributed by atoms with E-state index in [4.69, 9.17) is 11.6 Å². The van der Waals surface area contributed by atoms with Gasteiger partial charge in [-0.1, -0.05) is 30.3 Å². The van der Waals surface area contributed by atoms with Crippen LogP contribution in [0.4, 0.5) is 0 Å². The first-order valence-corrected chi connectivity index (χ1v) is 3.97. The Morgan fingerprint density at radius 1 is 1.31 bits per heavy atom. The SMILES string of the molecule is [O-][n+]1onc(Cl)c1-c1ccccc1. The quantitative estimate of drug-likeness (QED) is 0.652. The first-order valence-electron chi connectivity index (χ1n) is 3.59. The Balaban J connectivity index is 2.59. The second-order valence-corrected chi connectivity index (χ2v) is 2.79. The fourth-order valence-electron chi connectivity index (χ4n) is 1.05. The molecule has 1 aromatic heterocycles. The minimum absolute atomic E-state index is 0.0706. The van der Waals surface area contributed by atoms with E-state index in [0.29, 0.717) is 5.56 Å². The average molecular weight is 197 g/mol. The van der Waals surface area contributed by atoms with E-state index < -0.39 is 0 Å². The molecule has 1 aromatic carbocycles. The maximum atomic E-state index is 11.0. The van der Waals surface area contributed by atoms with Crippen LogP contribution in [0.25, 0.3) is 11.3 Å². The molecule has 0 aliphatic heterocycles. The Bertz CT molecular complexity index is 394. The molecular weight excluding hydrogens is 192 g/mol. The van der Waals surface area contributed by atoms with Crippen LogP contribution in [0, 0.1) is 5.21 Å². The predicted molar refractivity (Wildman–Crippen MR) is 45.9 cm³/mol. The van der Waals surface area contributed by atoms with Crippen molar-refractivity contribution in [3.8, 4) is 11.3 Å². The molecule has 0 spiro atoms. The molecule has 0 aliphatic carbocycles. The van der Waals surface area contributed by atoms with Crippen LogP contribution in [0.2, 0.25) is 5.15 Å². The molecule has 0 N–H and O–H groups in total. The van der Waals surface area contributed by atoms with Crippen molar-refractivity contribution in [2.45, 2.75) is 0 Å². The zero-order valence-electron chi connectivity index (χ0n) is 6.48. The smallest absolute Gasteiger partial charge is 0.316 e. The van der Waals surface area contributed by atoms with Crippen molar-refractivity contribution in [1.82, 2.24) is 5.16 Å². The highest BCUT2D eigenvalue weighted by atomic mass is 35.5. The number of halogens is 1. The van der Waals surface area contributed by atoms with Gasteiger partial charge in [0.05, 0.1) is 5.16 Å². The zero-order chi connectivity index (χ0) is 9.26. The summed E-state index contributed by atoms with van der Waals surface area (Å²) >= 11 is 5.65. The van der Waals surface area contributed by atoms with E-state index in [0.717, 1.165) is 0 Å². The molecule has 0 saturated carbocycles. The van der Waals surface area contributed by atoms with Gasteiger partial charge < -0.3 is 5.21 Å². The van der Waals surface area contributed by atoms with E-state index in [1.807, 2.05) is 6.07 Å². The van der Waals surface area contributed by atoms with Gasteiger partial charge in [0.25, 0.3) is 0 Å². The lowest BCUT2D eigenvalue weighted by Gasteiger charge is -1.94. The van der Waals surface area contributed by atoms with Crippen molar-refractivity contribution in [2.24, 2.45) is 0 Å². The van der Waals surface area contributed by atoms with Crippen LogP contribution < -0.4 is 4.90 Å². The molecule has 0 atom stereocenters. The molecule has 0 bridgehead atoms. The molecule has 0 saturated heterocycles. The normalized spacial score (nSPS) is 10.2. The van der Waals surface area contributed by atoms with Crippen LogP contribution >= 0.6 is 11.6 Å². The molecule has 0 fully saturated rings. The van der Waals surface area contributed by atoms with E-state index in [9.17, 15) is 5.21 Å². The first-order chi connectivity index (χ1) is 6.29. The monoisotopic (exact) mass is 196 g/mol. The van der Waals surface area contributed by atoms with Crippen molar-refractivity contribution >= 4 is 11.6 Å². The fourth-order valence-corrected chi connectivity index (χ4v) is 1.26. The lowest BCUT2D eigenvalue weighted by atomic mass is 10.2. The summed E-state index contributed by atoms with van der Waals surface area (Å²) in [5.74, 6) is 0. The number of hydrogen-bond donors (Lipinski definition) is 0. The Kier molecular flexibility index (Phi) is 1.90. The van der Waals surface area contributed by atoms with Crippen molar-refractivity contribution in [2.75, 3.05) is 0 Å². The van der Waals surface area contributed by atoms with E-state index >= 15 is 0 Å². The third kappa shape index (κ3) is 1.36. The maximum absolute atomic E-state index is 11.0. The van der Waals surface area contributed by atoms with Gasteiger partial charge in [0.2, 0.25) is 5.69 Å². The van der Waals surface area contributed by atoms with Gasteiger partial charge in [-0.2, -0.15) is 0 Å². The molecule has 66 valence electrons. The van der Waals surface area contributed by atoms with Crippen LogP contribution in [-0.4, -0.2) is 5.16 Å². The number of benzene rings is 1. The van der Waals surface area contributed by atoms with Crippen molar-refractivity contribution in [1.29, 1.82) is 0 Å². The molecule has 0 radical (unpaired) electrons. The lowest BCUT2D eigenvalue weighted by Crippen LogP contribution is -2.25. The van der Waals surface area contributed by atoms with Crippen molar-refractivity contribution in [3.05, 3.63) is 40.7 Å². The number of nitrogens with zero attached hydrogens (tertiary/aromatic N) is 2. The zero-order valence-corrected chi connectivity index (χ0v) is 7.23. The fraction of sp³-hybridized carbons (Fsp3) is 0. The van der Waals surface area contributed by atoms with E-state index in [1.165, 1.54) is 0 Å². The summed E-state index contributed by atoms with van der Waals surface area (Å²) in [5.41, 5.74) is 0.922. The highest BCUT2D eigenvalue weighted by Gasteiger charge is 2.17. The van der Waals surface area contributed by atoms with Gasteiger partial charge in [0.15, 0.2) is 0 Å². The van der Waals surface area contributed by atoms with Gasteiger partial charge in [0.1, 0.15) is 0 Å². The number of aromatic nitrogens is 2. The minimum atomic E-state index is 0.0706. The Morgan fingerprint density at radius 3 is 2.54 bits per heavy atom. The standard InChI is InChI=1S/C8H5ClN2O2/c9-8-7(11(12)13-10-8)6-4-2-1-3-5-6/h1-5H. The largest absolute Gasteiger partial charge is 0.359 e. The van der Waals surface area contributed by atoms with Crippen molar-refractivity contribution in [3.63, 3.8) is 0 Å². The summed E-state index contributed by atoms with van der Waals surface area (Å²) < 4.78 is 4.33. The van der Waals surface area contributed by atoms with Gasteiger partial charge in [-0.15, -0.1) is 0 Å². The third-order valence-corrected chi connectivity index (χ3v) is 1.87. The van der Waals surface area contributed by atoms with Crippen LogP contribution in [0.3, 0.4) is 0 Å². The summed E-state index contributed by atoms with van der Waals surface area (Å²) in [6.07, 6.45) is 0. The van der Waals surface area contributed by atoms with Crippen LogP contribution in [0.1, 0.15) is 0 Å². The molecule has 2 rings (SSSR count). The van der Waals surface area contributed by atoms with Gasteiger partial charge in [-0.05, 0) is 16.5 Å². The molecule has 5 heteroatoms. The minimum Gasteiger partial charge on any atom is -0.359 e. The van der Waals surface area contributed by atoms with Crippen LogP contribution in [0.5, 0.6) is 0 Å². The van der Waals surface area contributed by atoms with E-state index in [1.54, 1.807) is 24.3 Å². The summed E-state index contributed by atoms with van der Waals surface area (Å²) in [4.78, 5) is 0.289. The Morgan fingerprint density at radius 2 is 2.00 bits per heavy atom. The molecule has 2 aromatic rings. The highest BCUT2D eigenvalue weighted by Crippen LogP contribution is 2.21. The molecule has 13 heavy (non-hydrogen) atoms. The summed E-state index contributed by atoms with van der Waals surface area (Å²) in [5, 5.41) is 14.4. The van der Waals surface area contributed by atoms with Crippen molar-refractivity contribution < 1.29 is 9.53 Å². The highest BCUT2D eigenvalue weighted by molar-refractivity contribution is 6.31. The Hall–Kier alpha value is -1.55. The topological polar surface area (TPSA) is 53.0 Å². The second-order valence-electron chi connectivity index (χ2n) is 2.44. The molecule has 4 nitrogen and oxygen atoms in total. The summed E-state index contributed by atoms with van der Waals surface area (Å²) in [6, 6.07) is 8.97. The first kappa shape index (κ1) is 8.07. The van der Waals surface area contributed by atoms with E-state index in [-0.39, 0.29) is 15.8 Å². The maximum Gasteiger partial charge on any atom is 0.316 e. The lowest BCUT2D eigenvalue weighted by molar-refractivity contribution is -0.793. The van der Waals surface area contributed by atoms with Crippen LogP contribution in [-0.2, 0) is 0 Å². The summed E-state index contributed by atoms with van der Waals surface area (Å²) in [7, 11) is 0. The number of rotatable bonds is 1. The van der Waals surface area contributed by atoms with Gasteiger partial charge in [0, 0.05) is 5.56 Å². The molecule has 0 unspecified atom stereocenters. The third-order valence-electron chi connectivity index (χ3n) is 1.62. The molecule has 0 aliphatic rings. The molecule has 0 amide bonds. The predicted octanol–water partition coefficient (Wildman–Crippen LogP) is 1.63. The summed E-state index contributed by atoms with van der Waals surface area (Å²) in [6.45, 7) is 0. The van der Waals surface area contributed by atoms with Gasteiger partial charge in [-0.3, -0.25) is 4.63 Å². The van der Waals surface area contributed by atoms with E-state index in [2.05, 4.69) is 9.79 Å². The van der Waals surface area contributed by atoms with Crippen LogP contribution in [0.15, 0.2) is 35.0 Å². The van der Waals surface area contributed by atoms with Gasteiger partial charge >= 0.3 is 5.15 Å².